The molecule has 1 unspecified atom stereocenters. The molecule has 0 saturated carbocycles. The largest absolute Gasteiger partial charge is 0.376 e. The standard InChI is InChI=1S/C13H26N2O2/c1-3-4-8-12(14)13(16)15(2)10-11-7-5-6-9-17-11/h11-12H,3-10,14H2,1-2H3/t11?,12-/m0/s1. The Morgan fingerprint density at radius 1 is 1.53 bits per heavy atom. The number of nitrogens with zero attached hydrogens (tertiary/aromatic N) is 1. The first-order valence-corrected chi connectivity index (χ1v) is 6.77. The van der Waals surface area contributed by atoms with Gasteiger partial charge in [0.1, 0.15) is 0 Å². The highest BCUT2D eigenvalue weighted by Crippen LogP contribution is 2.14. The molecule has 1 rings (SSSR count). The van der Waals surface area contributed by atoms with Gasteiger partial charge >= 0.3 is 0 Å². The molecule has 0 aromatic heterocycles. The Balaban J connectivity index is 2.29. The van der Waals surface area contributed by atoms with Gasteiger partial charge in [-0.3, -0.25) is 4.79 Å². The van der Waals surface area contributed by atoms with Crippen molar-refractivity contribution >= 4 is 5.91 Å². The lowest BCUT2D eigenvalue weighted by molar-refractivity contribution is -0.133. The van der Waals surface area contributed by atoms with Gasteiger partial charge in [-0.25, -0.2) is 0 Å². The molecule has 100 valence electrons. The Hall–Kier alpha value is -0.610. The Morgan fingerprint density at radius 2 is 2.29 bits per heavy atom. The Labute approximate surface area is 104 Å². The van der Waals surface area contributed by atoms with E-state index in [1.54, 1.807) is 4.90 Å². The Bertz CT molecular complexity index is 227. The molecular weight excluding hydrogens is 216 g/mol. The van der Waals surface area contributed by atoms with Crippen molar-refractivity contribution in [3.63, 3.8) is 0 Å². The van der Waals surface area contributed by atoms with E-state index in [1.165, 1.54) is 6.42 Å². The quantitative estimate of drug-likeness (QED) is 0.768. The maximum absolute atomic E-state index is 12.0. The fraction of sp³-hybridized carbons (Fsp3) is 0.923. The van der Waals surface area contributed by atoms with Crippen LogP contribution in [0.4, 0.5) is 0 Å². The molecule has 1 heterocycles. The van der Waals surface area contributed by atoms with Crippen molar-refractivity contribution in [3.8, 4) is 0 Å². The van der Waals surface area contributed by atoms with E-state index in [9.17, 15) is 4.79 Å². The second-order valence-corrected chi connectivity index (χ2v) is 4.96. The van der Waals surface area contributed by atoms with E-state index in [1.807, 2.05) is 7.05 Å². The molecule has 0 radical (unpaired) electrons. The second-order valence-electron chi connectivity index (χ2n) is 4.96. The van der Waals surface area contributed by atoms with Crippen LogP contribution in [-0.2, 0) is 9.53 Å². The fourth-order valence-electron chi connectivity index (χ4n) is 2.18. The zero-order valence-electron chi connectivity index (χ0n) is 11.2. The monoisotopic (exact) mass is 242 g/mol. The number of unbranched alkanes of at least 4 members (excludes halogenated alkanes) is 1. The number of hydrogen-bond donors (Lipinski definition) is 1. The number of hydrogen-bond acceptors (Lipinski definition) is 3. The zero-order valence-corrected chi connectivity index (χ0v) is 11.2. The number of carbonyl (C=O) groups excluding carboxylic acids is 1. The minimum atomic E-state index is -0.344. The molecule has 0 spiro atoms. The summed E-state index contributed by atoms with van der Waals surface area (Å²) in [5, 5.41) is 0. The average Bonchev–Trinajstić information content (AvgIpc) is 2.36. The highest BCUT2D eigenvalue weighted by molar-refractivity contribution is 5.81. The molecule has 4 heteroatoms. The molecule has 1 aliphatic rings. The third kappa shape index (κ3) is 5.04. The normalized spacial score (nSPS) is 22.2. The van der Waals surface area contributed by atoms with E-state index in [0.29, 0.717) is 6.54 Å². The van der Waals surface area contributed by atoms with Crippen molar-refractivity contribution in [2.75, 3.05) is 20.2 Å². The minimum Gasteiger partial charge on any atom is -0.376 e. The highest BCUT2D eigenvalue weighted by Gasteiger charge is 2.22. The van der Waals surface area contributed by atoms with Crippen LogP contribution in [0.25, 0.3) is 0 Å². The highest BCUT2D eigenvalue weighted by atomic mass is 16.5. The average molecular weight is 242 g/mol. The van der Waals surface area contributed by atoms with Crippen LogP contribution < -0.4 is 5.73 Å². The van der Waals surface area contributed by atoms with Crippen molar-refractivity contribution in [1.82, 2.24) is 4.90 Å². The van der Waals surface area contributed by atoms with Gasteiger partial charge in [-0.1, -0.05) is 19.8 Å². The lowest BCUT2D eigenvalue weighted by atomic mass is 10.1. The molecule has 2 atom stereocenters. The Morgan fingerprint density at radius 3 is 2.88 bits per heavy atom. The van der Waals surface area contributed by atoms with Crippen molar-refractivity contribution in [2.24, 2.45) is 5.73 Å². The van der Waals surface area contributed by atoms with E-state index in [-0.39, 0.29) is 18.1 Å². The van der Waals surface area contributed by atoms with Crippen LogP contribution in [0.15, 0.2) is 0 Å². The van der Waals surface area contributed by atoms with Crippen LogP contribution in [0.3, 0.4) is 0 Å². The van der Waals surface area contributed by atoms with Crippen LogP contribution in [0.1, 0.15) is 45.4 Å². The summed E-state index contributed by atoms with van der Waals surface area (Å²) in [5.74, 6) is 0.0487. The number of rotatable bonds is 6. The summed E-state index contributed by atoms with van der Waals surface area (Å²) < 4.78 is 5.62. The number of carbonyl (C=O) groups is 1. The number of nitrogens with two attached hydrogens (primary N) is 1. The molecule has 2 N–H and O–H groups in total. The Kier molecular flexibility index (Phi) is 6.52. The SMILES string of the molecule is CCCC[C@H](N)C(=O)N(C)CC1CCCCO1. The third-order valence-electron chi connectivity index (χ3n) is 3.31. The molecular formula is C13H26N2O2. The lowest BCUT2D eigenvalue weighted by Crippen LogP contribution is -2.45. The maximum Gasteiger partial charge on any atom is 0.239 e. The van der Waals surface area contributed by atoms with Gasteiger partial charge < -0.3 is 15.4 Å². The van der Waals surface area contributed by atoms with Crippen molar-refractivity contribution in [2.45, 2.75) is 57.6 Å². The van der Waals surface area contributed by atoms with Gasteiger partial charge in [0, 0.05) is 20.2 Å². The van der Waals surface area contributed by atoms with Crippen molar-refractivity contribution in [1.29, 1.82) is 0 Å². The number of amides is 1. The molecule has 0 aromatic rings. The summed E-state index contributed by atoms with van der Waals surface area (Å²) >= 11 is 0. The van der Waals surface area contributed by atoms with Crippen molar-refractivity contribution in [3.05, 3.63) is 0 Å². The van der Waals surface area contributed by atoms with Crippen LogP contribution in [0, 0.1) is 0 Å². The summed E-state index contributed by atoms with van der Waals surface area (Å²) in [5.41, 5.74) is 5.88. The topological polar surface area (TPSA) is 55.6 Å². The number of ether oxygens (including phenoxy) is 1. The molecule has 4 nitrogen and oxygen atoms in total. The van der Waals surface area contributed by atoms with Gasteiger partial charge in [0.2, 0.25) is 5.91 Å². The van der Waals surface area contributed by atoms with Gasteiger partial charge in [0.15, 0.2) is 0 Å². The van der Waals surface area contributed by atoms with Crippen LogP contribution >= 0.6 is 0 Å². The predicted octanol–water partition coefficient (Wildman–Crippen LogP) is 1.53. The van der Waals surface area contributed by atoms with E-state index in [0.717, 1.165) is 38.7 Å². The van der Waals surface area contributed by atoms with Crippen LogP contribution in [0.5, 0.6) is 0 Å². The van der Waals surface area contributed by atoms with Gasteiger partial charge in [0.05, 0.1) is 12.1 Å². The maximum atomic E-state index is 12.0. The van der Waals surface area contributed by atoms with Crippen LogP contribution in [-0.4, -0.2) is 43.2 Å². The molecule has 1 aliphatic heterocycles. The van der Waals surface area contributed by atoms with Crippen molar-refractivity contribution < 1.29 is 9.53 Å². The molecule has 1 fully saturated rings. The molecule has 1 amide bonds. The fourth-order valence-corrected chi connectivity index (χ4v) is 2.18. The smallest absolute Gasteiger partial charge is 0.239 e. The minimum absolute atomic E-state index is 0.0487. The summed E-state index contributed by atoms with van der Waals surface area (Å²) in [6.07, 6.45) is 6.49. The number of likely N-dealkylation sites (N-methyl/N-ethyl adjacent to an activating group) is 1. The van der Waals surface area contributed by atoms with Gasteiger partial charge in [0.25, 0.3) is 0 Å². The molecule has 17 heavy (non-hydrogen) atoms. The first kappa shape index (κ1) is 14.5. The summed E-state index contributed by atoms with van der Waals surface area (Å²) in [6, 6.07) is -0.344. The first-order chi connectivity index (χ1) is 8.15. The van der Waals surface area contributed by atoms with E-state index < -0.39 is 0 Å². The predicted molar refractivity (Wildman–Crippen MR) is 68.7 cm³/mol. The first-order valence-electron chi connectivity index (χ1n) is 6.77. The molecule has 0 aliphatic carbocycles. The summed E-state index contributed by atoms with van der Waals surface area (Å²) in [4.78, 5) is 13.7. The summed E-state index contributed by atoms with van der Waals surface area (Å²) in [7, 11) is 1.83. The van der Waals surface area contributed by atoms with Gasteiger partial charge in [-0.2, -0.15) is 0 Å². The summed E-state index contributed by atoms with van der Waals surface area (Å²) in [6.45, 7) is 3.62. The van der Waals surface area contributed by atoms with Gasteiger partial charge in [-0.15, -0.1) is 0 Å². The van der Waals surface area contributed by atoms with Gasteiger partial charge in [-0.05, 0) is 25.7 Å². The molecule has 0 aromatic carbocycles. The molecule has 0 bridgehead atoms. The third-order valence-corrected chi connectivity index (χ3v) is 3.31. The lowest BCUT2D eigenvalue weighted by Gasteiger charge is -2.28. The molecule has 1 saturated heterocycles. The van der Waals surface area contributed by atoms with E-state index in [4.69, 9.17) is 10.5 Å². The van der Waals surface area contributed by atoms with E-state index >= 15 is 0 Å². The zero-order chi connectivity index (χ0) is 12.7. The van der Waals surface area contributed by atoms with Crippen LogP contribution in [0.2, 0.25) is 0 Å². The second kappa shape index (κ2) is 7.67. The van der Waals surface area contributed by atoms with E-state index in [2.05, 4.69) is 6.92 Å².